The van der Waals surface area contributed by atoms with Crippen LogP contribution in [0.25, 0.3) is 0 Å². The maximum absolute atomic E-state index is 12.9. The first kappa shape index (κ1) is 28.9. The van der Waals surface area contributed by atoms with Crippen molar-refractivity contribution in [1.82, 2.24) is 9.80 Å². The highest BCUT2D eigenvalue weighted by Crippen LogP contribution is 2.36. The number of para-hydroxylation sites is 1. The van der Waals surface area contributed by atoms with Crippen molar-refractivity contribution in [3.63, 3.8) is 0 Å². The monoisotopic (exact) mass is 565 g/mol. The van der Waals surface area contributed by atoms with Gasteiger partial charge in [-0.15, -0.1) is 0 Å². The van der Waals surface area contributed by atoms with E-state index in [4.69, 9.17) is 21.1 Å². The van der Waals surface area contributed by atoms with E-state index in [1.807, 2.05) is 28.0 Å². The molecule has 3 amide bonds. The van der Waals surface area contributed by atoms with Crippen molar-refractivity contribution in [3.8, 4) is 11.5 Å². The Kier molecular flexibility index (Phi) is 9.96. The molecule has 4 rings (SSSR count). The summed E-state index contributed by atoms with van der Waals surface area (Å²) < 4.78 is 10.9. The first-order chi connectivity index (χ1) is 19.4. The molecule has 0 aliphatic carbocycles. The number of halogens is 1. The van der Waals surface area contributed by atoms with Crippen LogP contribution in [-0.2, 0) is 9.59 Å². The van der Waals surface area contributed by atoms with E-state index in [0.717, 1.165) is 0 Å². The smallest absolute Gasteiger partial charge is 0.255 e. The molecule has 3 aromatic rings. The van der Waals surface area contributed by atoms with Crippen LogP contribution in [0.5, 0.6) is 11.5 Å². The van der Waals surface area contributed by atoms with Crippen molar-refractivity contribution in [2.24, 2.45) is 0 Å². The van der Waals surface area contributed by atoms with E-state index in [1.165, 1.54) is 14.2 Å². The summed E-state index contributed by atoms with van der Waals surface area (Å²) in [6.45, 7) is 2.99. The summed E-state index contributed by atoms with van der Waals surface area (Å²) in [6.07, 6.45) is 0. The molecule has 0 saturated carbocycles. The van der Waals surface area contributed by atoms with Gasteiger partial charge in [-0.3, -0.25) is 24.2 Å². The fourth-order valence-electron chi connectivity index (χ4n) is 4.33. The van der Waals surface area contributed by atoms with E-state index in [9.17, 15) is 14.4 Å². The van der Waals surface area contributed by atoms with Crippen LogP contribution in [0.15, 0.2) is 66.7 Å². The lowest BCUT2D eigenvalue weighted by atomic mass is 10.2. The number of nitrogens with one attached hydrogen (secondary N) is 3. The average Bonchev–Trinajstić information content (AvgIpc) is 2.96. The zero-order valence-electron chi connectivity index (χ0n) is 22.4. The number of rotatable bonds is 10. The summed E-state index contributed by atoms with van der Waals surface area (Å²) >= 11 is 6.12. The Labute approximate surface area is 238 Å². The molecule has 0 aromatic heterocycles. The minimum atomic E-state index is -0.293. The van der Waals surface area contributed by atoms with Gasteiger partial charge in [0.05, 0.1) is 49.4 Å². The van der Waals surface area contributed by atoms with E-state index < -0.39 is 0 Å². The van der Waals surface area contributed by atoms with Crippen molar-refractivity contribution in [2.75, 3.05) is 69.4 Å². The van der Waals surface area contributed by atoms with Crippen LogP contribution in [0, 0.1) is 0 Å². The first-order valence-electron chi connectivity index (χ1n) is 12.8. The third-order valence-corrected chi connectivity index (χ3v) is 6.76. The van der Waals surface area contributed by atoms with E-state index in [-0.39, 0.29) is 30.8 Å². The molecule has 1 heterocycles. The Morgan fingerprint density at radius 2 is 1.18 bits per heavy atom. The van der Waals surface area contributed by atoms with Crippen LogP contribution in [0.2, 0.25) is 5.02 Å². The van der Waals surface area contributed by atoms with Gasteiger partial charge in [-0.1, -0.05) is 41.9 Å². The SMILES string of the molecule is COc1cc(NC(=O)c2ccccc2)c(OC)cc1NC(=O)CN1CCN(CC(=O)Nc2ccccc2Cl)CC1. The van der Waals surface area contributed by atoms with E-state index >= 15 is 0 Å². The Bertz CT molecular complexity index is 1350. The van der Waals surface area contributed by atoms with Crippen molar-refractivity contribution >= 4 is 46.4 Å². The topological polar surface area (TPSA) is 112 Å². The van der Waals surface area contributed by atoms with Gasteiger partial charge in [-0.25, -0.2) is 0 Å². The Hall–Kier alpha value is -4.12. The molecule has 0 atom stereocenters. The number of ether oxygens (including phenoxy) is 2. The molecular weight excluding hydrogens is 534 g/mol. The summed E-state index contributed by atoms with van der Waals surface area (Å²) in [5.74, 6) is 0.115. The van der Waals surface area contributed by atoms with Gasteiger partial charge in [0.2, 0.25) is 11.8 Å². The molecule has 1 aliphatic heterocycles. The lowest BCUT2D eigenvalue weighted by molar-refractivity contribution is -0.120. The van der Waals surface area contributed by atoms with E-state index in [0.29, 0.717) is 65.3 Å². The van der Waals surface area contributed by atoms with Crippen LogP contribution in [0.3, 0.4) is 0 Å². The molecule has 0 spiro atoms. The summed E-state index contributed by atoms with van der Waals surface area (Å²) in [5, 5.41) is 9.04. The summed E-state index contributed by atoms with van der Waals surface area (Å²) in [4.78, 5) is 42.0. The predicted molar refractivity (Wildman–Crippen MR) is 156 cm³/mol. The normalized spacial score (nSPS) is 13.8. The van der Waals surface area contributed by atoms with Gasteiger partial charge in [-0.2, -0.15) is 0 Å². The fraction of sp³-hybridized carbons (Fsp3) is 0.276. The van der Waals surface area contributed by atoms with Gasteiger partial charge in [0, 0.05) is 43.9 Å². The maximum atomic E-state index is 12.9. The number of amides is 3. The number of hydrogen-bond acceptors (Lipinski definition) is 7. The van der Waals surface area contributed by atoms with Crippen molar-refractivity contribution in [2.45, 2.75) is 0 Å². The van der Waals surface area contributed by atoms with E-state index in [2.05, 4.69) is 16.0 Å². The number of anilines is 3. The third kappa shape index (κ3) is 7.72. The first-order valence-corrected chi connectivity index (χ1v) is 13.2. The van der Waals surface area contributed by atoms with Crippen LogP contribution in [0.4, 0.5) is 17.1 Å². The number of piperazine rings is 1. The number of carbonyl (C=O) groups excluding carboxylic acids is 3. The standard InChI is InChI=1S/C29H32ClN5O5/c1-39-25-17-24(33-29(38)20-8-4-3-5-9-20)26(40-2)16-23(25)32-28(37)19-35-14-12-34(13-15-35)18-27(36)31-22-11-7-6-10-21(22)30/h3-11,16-17H,12-15,18-19H2,1-2H3,(H,31,36)(H,32,37)(H,33,38). The minimum absolute atomic E-state index is 0.135. The molecular formula is C29H32ClN5O5. The second-order valence-electron chi connectivity index (χ2n) is 9.20. The van der Waals surface area contributed by atoms with Gasteiger partial charge >= 0.3 is 0 Å². The van der Waals surface area contributed by atoms with Crippen LogP contribution < -0.4 is 25.4 Å². The summed E-state index contributed by atoms with van der Waals surface area (Å²) in [5.41, 5.74) is 1.93. The van der Waals surface area contributed by atoms with Crippen molar-refractivity contribution in [1.29, 1.82) is 0 Å². The van der Waals surface area contributed by atoms with Crippen LogP contribution in [0.1, 0.15) is 10.4 Å². The molecule has 40 heavy (non-hydrogen) atoms. The molecule has 210 valence electrons. The average molecular weight is 566 g/mol. The number of carbonyl (C=O) groups is 3. The Balaban J connectivity index is 1.29. The van der Waals surface area contributed by atoms with Crippen molar-refractivity contribution < 1.29 is 23.9 Å². The largest absolute Gasteiger partial charge is 0.494 e. The van der Waals surface area contributed by atoms with Gasteiger partial charge < -0.3 is 25.4 Å². The highest BCUT2D eigenvalue weighted by atomic mass is 35.5. The zero-order chi connectivity index (χ0) is 28.5. The van der Waals surface area contributed by atoms with Crippen LogP contribution in [-0.4, -0.2) is 81.0 Å². The number of hydrogen-bond donors (Lipinski definition) is 3. The molecule has 0 radical (unpaired) electrons. The number of methoxy groups -OCH3 is 2. The Morgan fingerprint density at radius 3 is 1.70 bits per heavy atom. The molecule has 1 fully saturated rings. The lowest BCUT2D eigenvalue weighted by Gasteiger charge is -2.33. The molecule has 11 heteroatoms. The molecule has 1 saturated heterocycles. The fourth-order valence-corrected chi connectivity index (χ4v) is 4.51. The minimum Gasteiger partial charge on any atom is -0.494 e. The highest BCUT2D eigenvalue weighted by Gasteiger charge is 2.22. The molecule has 1 aliphatic rings. The van der Waals surface area contributed by atoms with Gasteiger partial charge in [-0.05, 0) is 24.3 Å². The van der Waals surface area contributed by atoms with Gasteiger partial charge in [0.1, 0.15) is 11.5 Å². The maximum Gasteiger partial charge on any atom is 0.255 e. The highest BCUT2D eigenvalue weighted by molar-refractivity contribution is 6.33. The molecule has 3 N–H and O–H groups in total. The van der Waals surface area contributed by atoms with Crippen molar-refractivity contribution in [3.05, 3.63) is 77.3 Å². The summed E-state index contributed by atoms with van der Waals surface area (Å²) in [7, 11) is 2.97. The number of benzene rings is 3. The lowest BCUT2D eigenvalue weighted by Crippen LogP contribution is -2.50. The third-order valence-electron chi connectivity index (χ3n) is 6.43. The molecule has 0 bridgehead atoms. The van der Waals surface area contributed by atoms with Gasteiger partial charge in [0.25, 0.3) is 5.91 Å². The quantitative estimate of drug-likeness (QED) is 0.343. The number of nitrogens with zero attached hydrogens (tertiary/aromatic N) is 2. The zero-order valence-corrected chi connectivity index (χ0v) is 23.2. The predicted octanol–water partition coefficient (Wildman–Crippen LogP) is 3.80. The molecule has 3 aromatic carbocycles. The van der Waals surface area contributed by atoms with Gasteiger partial charge in [0.15, 0.2) is 0 Å². The second kappa shape index (κ2) is 13.8. The molecule has 0 unspecified atom stereocenters. The van der Waals surface area contributed by atoms with E-state index in [1.54, 1.807) is 48.5 Å². The summed E-state index contributed by atoms with van der Waals surface area (Å²) in [6, 6.07) is 19.2. The second-order valence-corrected chi connectivity index (χ2v) is 9.61. The van der Waals surface area contributed by atoms with Crippen LogP contribution >= 0.6 is 11.6 Å². The Morgan fingerprint density at radius 1 is 0.700 bits per heavy atom. The molecule has 10 nitrogen and oxygen atoms in total.